The number of aromatic amines is 1. The zero-order valence-electron chi connectivity index (χ0n) is 8.13. The van der Waals surface area contributed by atoms with Crippen LogP contribution in [0.25, 0.3) is 11.1 Å². The lowest BCUT2D eigenvalue weighted by Gasteiger charge is -2.06. The van der Waals surface area contributed by atoms with Crippen LogP contribution in [0.5, 0.6) is 0 Å². The Labute approximate surface area is 108 Å². The van der Waals surface area contributed by atoms with Crippen LogP contribution in [0.3, 0.4) is 0 Å². The maximum absolute atomic E-state index is 6.13. The minimum atomic E-state index is 0.326. The van der Waals surface area contributed by atoms with Crippen molar-refractivity contribution in [3.8, 4) is 11.1 Å². The molecular formula is C11H8Cl2N2S. The number of thiocarbonyl (C=S) groups is 1. The van der Waals surface area contributed by atoms with Crippen molar-refractivity contribution in [2.45, 2.75) is 0 Å². The molecule has 0 aliphatic rings. The van der Waals surface area contributed by atoms with E-state index in [1.165, 1.54) is 0 Å². The average molecular weight is 271 g/mol. The van der Waals surface area contributed by atoms with E-state index >= 15 is 0 Å². The van der Waals surface area contributed by atoms with Gasteiger partial charge in [-0.15, -0.1) is 0 Å². The molecule has 0 atom stereocenters. The van der Waals surface area contributed by atoms with E-state index in [1.807, 2.05) is 12.1 Å². The minimum Gasteiger partial charge on any atom is -0.389 e. The van der Waals surface area contributed by atoms with Crippen LogP contribution >= 0.6 is 35.4 Å². The van der Waals surface area contributed by atoms with Gasteiger partial charge in [-0.2, -0.15) is 0 Å². The van der Waals surface area contributed by atoms with Gasteiger partial charge < -0.3 is 10.7 Å². The van der Waals surface area contributed by atoms with Gasteiger partial charge in [-0.1, -0.05) is 47.6 Å². The highest BCUT2D eigenvalue weighted by atomic mass is 35.5. The van der Waals surface area contributed by atoms with Crippen LogP contribution in [0.2, 0.25) is 10.0 Å². The van der Waals surface area contributed by atoms with Gasteiger partial charge in [-0.25, -0.2) is 0 Å². The SMILES string of the molecule is NC(=S)c1c[nH]cc1-c1cccc(Cl)c1Cl. The fourth-order valence-corrected chi connectivity index (χ4v) is 2.07. The molecule has 0 radical (unpaired) electrons. The summed E-state index contributed by atoms with van der Waals surface area (Å²) in [5.74, 6) is 0. The second-order valence-electron chi connectivity index (χ2n) is 3.25. The maximum Gasteiger partial charge on any atom is 0.106 e. The van der Waals surface area contributed by atoms with Crippen LogP contribution in [-0.2, 0) is 0 Å². The van der Waals surface area contributed by atoms with Crippen LogP contribution < -0.4 is 5.73 Å². The number of hydrogen-bond donors (Lipinski definition) is 2. The van der Waals surface area contributed by atoms with Crippen molar-refractivity contribution in [2.75, 3.05) is 0 Å². The summed E-state index contributed by atoms with van der Waals surface area (Å²) < 4.78 is 0. The van der Waals surface area contributed by atoms with E-state index in [-0.39, 0.29) is 0 Å². The van der Waals surface area contributed by atoms with E-state index in [0.717, 1.165) is 16.7 Å². The Morgan fingerprint density at radius 3 is 2.62 bits per heavy atom. The van der Waals surface area contributed by atoms with E-state index in [4.69, 9.17) is 41.2 Å². The van der Waals surface area contributed by atoms with E-state index in [2.05, 4.69) is 4.98 Å². The molecule has 0 spiro atoms. The molecule has 2 nitrogen and oxygen atoms in total. The number of nitrogens with one attached hydrogen (secondary N) is 1. The summed E-state index contributed by atoms with van der Waals surface area (Å²) >= 11 is 17.0. The molecule has 1 heterocycles. The maximum atomic E-state index is 6.13. The highest BCUT2D eigenvalue weighted by Gasteiger charge is 2.12. The van der Waals surface area contributed by atoms with Crippen LogP contribution in [0.1, 0.15) is 5.56 Å². The molecule has 0 aliphatic carbocycles. The fourth-order valence-electron chi connectivity index (χ4n) is 1.50. The Morgan fingerprint density at radius 1 is 1.19 bits per heavy atom. The predicted octanol–water partition coefficient (Wildman–Crippen LogP) is 3.62. The second kappa shape index (κ2) is 4.45. The fraction of sp³-hybridized carbons (Fsp3) is 0. The zero-order valence-corrected chi connectivity index (χ0v) is 10.5. The number of rotatable bonds is 2. The molecular weight excluding hydrogens is 263 g/mol. The molecule has 0 saturated carbocycles. The van der Waals surface area contributed by atoms with E-state index in [1.54, 1.807) is 18.5 Å². The molecule has 0 fully saturated rings. The first-order valence-electron chi connectivity index (χ1n) is 4.52. The van der Waals surface area contributed by atoms with Crippen molar-refractivity contribution < 1.29 is 0 Å². The number of benzene rings is 1. The normalized spacial score (nSPS) is 10.4. The van der Waals surface area contributed by atoms with Crippen molar-refractivity contribution in [1.82, 2.24) is 4.98 Å². The molecule has 16 heavy (non-hydrogen) atoms. The lowest BCUT2D eigenvalue weighted by Crippen LogP contribution is -2.09. The van der Waals surface area contributed by atoms with E-state index in [0.29, 0.717) is 15.0 Å². The van der Waals surface area contributed by atoms with E-state index in [9.17, 15) is 0 Å². The third-order valence-electron chi connectivity index (χ3n) is 2.25. The zero-order chi connectivity index (χ0) is 11.7. The molecule has 5 heteroatoms. The topological polar surface area (TPSA) is 41.8 Å². The Morgan fingerprint density at radius 2 is 1.94 bits per heavy atom. The van der Waals surface area contributed by atoms with Crippen molar-refractivity contribution in [3.63, 3.8) is 0 Å². The first-order valence-corrected chi connectivity index (χ1v) is 5.68. The van der Waals surface area contributed by atoms with Gasteiger partial charge in [0.05, 0.1) is 10.0 Å². The smallest absolute Gasteiger partial charge is 0.106 e. The lowest BCUT2D eigenvalue weighted by molar-refractivity contribution is 1.41. The summed E-state index contributed by atoms with van der Waals surface area (Å²) in [6.45, 7) is 0. The molecule has 0 aliphatic heterocycles. The second-order valence-corrected chi connectivity index (χ2v) is 4.47. The average Bonchev–Trinajstić information content (AvgIpc) is 2.70. The van der Waals surface area contributed by atoms with Gasteiger partial charge in [-0.05, 0) is 6.07 Å². The lowest BCUT2D eigenvalue weighted by atomic mass is 10.0. The molecule has 1 aromatic heterocycles. The molecule has 2 aromatic rings. The number of aromatic nitrogens is 1. The van der Waals surface area contributed by atoms with Gasteiger partial charge in [0, 0.05) is 29.1 Å². The van der Waals surface area contributed by atoms with Gasteiger partial charge in [0.2, 0.25) is 0 Å². The standard InChI is InChI=1S/C11H8Cl2N2S/c12-9-3-1-2-6(10(9)13)7-4-15-5-8(7)11(14)16/h1-5,15H,(H2,14,16). The Kier molecular flexibility index (Phi) is 3.19. The van der Waals surface area contributed by atoms with Crippen molar-refractivity contribution in [1.29, 1.82) is 0 Å². The van der Waals surface area contributed by atoms with Crippen molar-refractivity contribution >= 4 is 40.4 Å². The first kappa shape index (κ1) is 11.5. The van der Waals surface area contributed by atoms with Gasteiger partial charge in [-0.3, -0.25) is 0 Å². The van der Waals surface area contributed by atoms with Crippen LogP contribution in [0.15, 0.2) is 30.6 Å². The summed E-state index contributed by atoms with van der Waals surface area (Å²) in [4.78, 5) is 3.28. The molecule has 3 N–H and O–H groups in total. The number of halogens is 2. The Balaban J connectivity index is 2.63. The molecule has 0 saturated heterocycles. The Bertz CT molecular complexity index is 549. The molecule has 0 bridgehead atoms. The Hall–Kier alpha value is -1.03. The van der Waals surface area contributed by atoms with Gasteiger partial charge in [0.1, 0.15) is 4.99 Å². The minimum absolute atomic E-state index is 0.326. The van der Waals surface area contributed by atoms with Gasteiger partial charge in [0.15, 0.2) is 0 Å². The van der Waals surface area contributed by atoms with Crippen LogP contribution in [-0.4, -0.2) is 9.97 Å². The number of H-pyrrole nitrogens is 1. The summed E-state index contributed by atoms with van der Waals surface area (Å²) in [5, 5.41) is 1.01. The first-order chi connectivity index (χ1) is 7.61. The molecule has 82 valence electrons. The third kappa shape index (κ3) is 1.94. The monoisotopic (exact) mass is 270 g/mol. The highest BCUT2D eigenvalue weighted by Crippen LogP contribution is 2.34. The summed E-state index contributed by atoms with van der Waals surface area (Å²) in [6, 6.07) is 5.44. The number of nitrogens with two attached hydrogens (primary N) is 1. The van der Waals surface area contributed by atoms with Crippen LogP contribution in [0, 0.1) is 0 Å². The number of hydrogen-bond acceptors (Lipinski definition) is 1. The molecule has 1 aromatic carbocycles. The molecule has 0 amide bonds. The predicted molar refractivity (Wildman–Crippen MR) is 72.1 cm³/mol. The molecule has 2 rings (SSSR count). The highest BCUT2D eigenvalue weighted by molar-refractivity contribution is 7.80. The largest absolute Gasteiger partial charge is 0.389 e. The summed E-state index contributed by atoms with van der Waals surface area (Å²) in [7, 11) is 0. The summed E-state index contributed by atoms with van der Waals surface area (Å²) in [6.07, 6.45) is 3.54. The summed E-state index contributed by atoms with van der Waals surface area (Å²) in [5.41, 5.74) is 8.06. The van der Waals surface area contributed by atoms with Gasteiger partial charge >= 0.3 is 0 Å². The van der Waals surface area contributed by atoms with Crippen molar-refractivity contribution in [3.05, 3.63) is 46.2 Å². The van der Waals surface area contributed by atoms with Crippen LogP contribution in [0.4, 0.5) is 0 Å². The van der Waals surface area contributed by atoms with E-state index < -0.39 is 0 Å². The quantitative estimate of drug-likeness (QED) is 0.819. The van der Waals surface area contributed by atoms with Crippen molar-refractivity contribution in [2.24, 2.45) is 5.73 Å². The third-order valence-corrected chi connectivity index (χ3v) is 3.29. The molecule has 0 unspecified atom stereocenters. The van der Waals surface area contributed by atoms with Gasteiger partial charge in [0.25, 0.3) is 0 Å².